The molecule has 6 nitrogen and oxygen atoms in total. The molecule has 0 spiro atoms. The maximum absolute atomic E-state index is 13.0. The number of halogens is 2. The molecule has 1 atom stereocenters. The number of hydrogen-bond donors (Lipinski definition) is 3. The van der Waals surface area contributed by atoms with E-state index >= 15 is 0 Å². The molecule has 0 aliphatic rings. The molecule has 4 N–H and O–H groups in total. The number of phenols is 1. The molecule has 0 saturated heterocycles. The van der Waals surface area contributed by atoms with Crippen LogP contribution >= 0.6 is 0 Å². The number of nitrogens with two attached hydrogens (primary N) is 1. The van der Waals surface area contributed by atoms with Crippen molar-refractivity contribution in [2.24, 2.45) is 5.73 Å². The molecule has 0 aliphatic carbocycles. The Balaban J connectivity index is 2.53. The highest BCUT2D eigenvalue weighted by molar-refractivity contribution is 5.96. The van der Waals surface area contributed by atoms with Gasteiger partial charge in [-0.1, -0.05) is 12.1 Å². The third kappa shape index (κ3) is 4.88. The van der Waals surface area contributed by atoms with Gasteiger partial charge in [-0.25, -0.2) is 13.6 Å². The summed E-state index contributed by atoms with van der Waals surface area (Å²) in [5.74, 6) is -1.89. The van der Waals surface area contributed by atoms with Crippen molar-refractivity contribution in [2.45, 2.75) is 31.7 Å². The number of ether oxygens (including phenoxy) is 1. The lowest BCUT2D eigenvalue weighted by Gasteiger charge is -2.26. The number of rotatable bonds is 8. The topological polar surface area (TPSA) is 102 Å². The van der Waals surface area contributed by atoms with E-state index in [1.54, 1.807) is 12.1 Å². The molecule has 1 rings (SSSR count). The number of nitrogens with one attached hydrogen (secondary N) is 1. The first-order valence-electron chi connectivity index (χ1n) is 7.13. The molecule has 0 radical (unpaired) electrons. The normalized spacial score (nSPS) is 13.4. The van der Waals surface area contributed by atoms with Crippen LogP contribution in [-0.4, -0.2) is 42.1 Å². The standard InChI is InChI=1S/C15H20F2N2O4/c1-2-23-14(22)15(18,13(16)17)8-5-9-19-12(21)10-6-3-4-7-11(10)20/h3-4,6-7,13,20H,2,5,8-9,18H2,1H3,(H,19,21). The van der Waals surface area contributed by atoms with Gasteiger partial charge in [0.05, 0.1) is 12.2 Å². The van der Waals surface area contributed by atoms with Crippen LogP contribution in [0.5, 0.6) is 5.75 Å². The zero-order chi connectivity index (χ0) is 17.5. The Hall–Kier alpha value is -2.22. The van der Waals surface area contributed by atoms with Crippen LogP contribution < -0.4 is 11.1 Å². The Morgan fingerprint density at radius 2 is 2.04 bits per heavy atom. The summed E-state index contributed by atoms with van der Waals surface area (Å²) >= 11 is 0. The fourth-order valence-corrected chi connectivity index (χ4v) is 1.91. The molecule has 1 aromatic rings. The van der Waals surface area contributed by atoms with Gasteiger partial charge in [0.15, 0.2) is 5.54 Å². The molecule has 1 amide bonds. The lowest BCUT2D eigenvalue weighted by Crippen LogP contribution is -2.55. The second-order valence-electron chi connectivity index (χ2n) is 4.94. The highest BCUT2D eigenvalue weighted by Gasteiger charge is 2.44. The van der Waals surface area contributed by atoms with Gasteiger partial charge in [0.2, 0.25) is 0 Å². The Morgan fingerprint density at radius 1 is 1.39 bits per heavy atom. The first kappa shape index (κ1) is 18.8. The molecule has 0 saturated carbocycles. The number of amides is 1. The van der Waals surface area contributed by atoms with Crippen molar-refractivity contribution in [3.8, 4) is 5.75 Å². The largest absolute Gasteiger partial charge is 0.507 e. The summed E-state index contributed by atoms with van der Waals surface area (Å²) in [4.78, 5) is 23.4. The molecule has 1 aromatic carbocycles. The molecular formula is C15H20F2N2O4. The molecule has 23 heavy (non-hydrogen) atoms. The minimum absolute atomic E-state index is 0.0260. The summed E-state index contributed by atoms with van der Waals surface area (Å²) in [6, 6.07) is 5.93. The molecule has 1 unspecified atom stereocenters. The monoisotopic (exact) mass is 330 g/mol. The predicted octanol–water partition coefficient (Wildman–Crippen LogP) is 1.43. The maximum atomic E-state index is 13.0. The molecule has 0 aromatic heterocycles. The summed E-state index contributed by atoms with van der Waals surface area (Å²) < 4.78 is 30.6. The van der Waals surface area contributed by atoms with Crippen molar-refractivity contribution in [1.29, 1.82) is 0 Å². The highest BCUT2D eigenvalue weighted by atomic mass is 19.3. The van der Waals surface area contributed by atoms with Gasteiger partial charge in [-0.05, 0) is 31.9 Å². The minimum atomic E-state index is -3.07. The number of esters is 1. The van der Waals surface area contributed by atoms with Crippen LogP contribution in [0.2, 0.25) is 0 Å². The van der Waals surface area contributed by atoms with Crippen LogP contribution in [0.15, 0.2) is 24.3 Å². The van der Waals surface area contributed by atoms with Gasteiger partial charge in [-0.3, -0.25) is 4.79 Å². The number of hydrogen-bond acceptors (Lipinski definition) is 5. The Bertz CT molecular complexity index is 554. The van der Waals surface area contributed by atoms with Gasteiger partial charge in [-0.15, -0.1) is 0 Å². The molecule has 0 bridgehead atoms. The number of benzene rings is 1. The summed E-state index contributed by atoms with van der Waals surface area (Å²) in [5.41, 5.74) is 3.13. The summed E-state index contributed by atoms with van der Waals surface area (Å²) in [6.07, 6.45) is -3.36. The van der Waals surface area contributed by atoms with Crippen molar-refractivity contribution in [1.82, 2.24) is 5.32 Å². The highest BCUT2D eigenvalue weighted by Crippen LogP contribution is 2.21. The van der Waals surface area contributed by atoms with Crippen LogP contribution in [0.3, 0.4) is 0 Å². The van der Waals surface area contributed by atoms with E-state index in [1.165, 1.54) is 19.1 Å². The molecule has 8 heteroatoms. The van der Waals surface area contributed by atoms with Crippen molar-refractivity contribution in [3.05, 3.63) is 29.8 Å². The van der Waals surface area contributed by atoms with Crippen LogP contribution in [-0.2, 0) is 9.53 Å². The number of phenolic OH excluding ortho intramolecular Hbond substituents is 1. The SMILES string of the molecule is CCOC(=O)C(N)(CCCNC(=O)c1ccccc1O)C(F)F. The van der Waals surface area contributed by atoms with Gasteiger partial charge in [0.25, 0.3) is 12.3 Å². The molecule has 0 heterocycles. The Labute approximate surface area is 132 Å². The zero-order valence-electron chi connectivity index (χ0n) is 12.7. The first-order valence-corrected chi connectivity index (χ1v) is 7.13. The fourth-order valence-electron chi connectivity index (χ4n) is 1.91. The van der Waals surface area contributed by atoms with Gasteiger partial charge < -0.3 is 20.9 Å². The molecular weight excluding hydrogens is 310 g/mol. The summed E-state index contributed by atoms with van der Waals surface area (Å²) in [6.45, 7) is 1.48. The maximum Gasteiger partial charge on any atom is 0.332 e. The summed E-state index contributed by atoms with van der Waals surface area (Å²) in [7, 11) is 0. The molecule has 0 fully saturated rings. The number of para-hydroxylation sites is 1. The first-order chi connectivity index (χ1) is 10.8. The lowest BCUT2D eigenvalue weighted by atomic mass is 9.95. The van der Waals surface area contributed by atoms with E-state index < -0.39 is 23.8 Å². The van der Waals surface area contributed by atoms with Gasteiger partial charge in [0.1, 0.15) is 5.75 Å². The van der Waals surface area contributed by atoms with Crippen molar-refractivity contribution < 1.29 is 28.2 Å². The van der Waals surface area contributed by atoms with E-state index in [2.05, 4.69) is 10.1 Å². The zero-order valence-corrected chi connectivity index (χ0v) is 12.7. The Morgan fingerprint density at radius 3 is 2.61 bits per heavy atom. The van der Waals surface area contributed by atoms with Crippen LogP contribution in [0.25, 0.3) is 0 Å². The van der Waals surface area contributed by atoms with Crippen LogP contribution in [0.4, 0.5) is 8.78 Å². The Kier molecular flexibility index (Phi) is 6.89. The number of carbonyl (C=O) groups is 2. The third-order valence-electron chi connectivity index (χ3n) is 3.25. The molecule has 128 valence electrons. The summed E-state index contributed by atoms with van der Waals surface area (Å²) in [5, 5.41) is 12.0. The predicted molar refractivity (Wildman–Crippen MR) is 79.2 cm³/mol. The van der Waals surface area contributed by atoms with Crippen LogP contribution in [0.1, 0.15) is 30.1 Å². The second kappa shape index (κ2) is 8.42. The van der Waals surface area contributed by atoms with Gasteiger partial charge >= 0.3 is 5.97 Å². The smallest absolute Gasteiger partial charge is 0.332 e. The van der Waals surface area contributed by atoms with E-state index in [-0.39, 0.29) is 37.3 Å². The fraction of sp³-hybridized carbons (Fsp3) is 0.467. The van der Waals surface area contributed by atoms with E-state index in [9.17, 15) is 23.5 Å². The third-order valence-corrected chi connectivity index (χ3v) is 3.25. The van der Waals surface area contributed by atoms with Crippen molar-refractivity contribution >= 4 is 11.9 Å². The van der Waals surface area contributed by atoms with E-state index in [0.29, 0.717) is 0 Å². The van der Waals surface area contributed by atoms with Crippen LogP contribution in [0, 0.1) is 0 Å². The average molecular weight is 330 g/mol. The minimum Gasteiger partial charge on any atom is -0.507 e. The number of carbonyl (C=O) groups excluding carboxylic acids is 2. The molecule has 0 aliphatic heterocycles. The average Bonchev–Trinajstić information content (AvgIpc) is 2.51. The number of aromatic hydroxyl groups is 1. The van der Waals surface area contributed by atoms with Gasteiger partial charge in [-0.2, -0.15) is 0 Å². The van der Waals surface area contributed by atoms with Crippen molar-refractivity contribution in [3.63, 3.8) is 0 Å². The van der Waals surface area contributed by atoms with E-state index in [0.717, 1.165) is 0 Å². The quantitative estimate of drug-likeness (QED) is 0.494. The lowest BCUT2D eigenvalue weighted by molar-refractivity contribution is -0.156. The van der Waals surface area contributed by atoms with E-state index in [1.807, 2.05) is 0 Å². The number of alkyl halides is 2. The van der Waals surface area contributed by atoms with Gasteiger partial charge in [0, 0.05) is 6.54 Å². The second-order valence-corrected chi connectivity index (χ2v) is 4.94. The van der Waals surface area contributed by atoms with Crippen molar-refractivity contribution in [2.75, 3.05) is 13.2 Å². The van der Waals surface area contributed by atoms with E-state index in [4.69, 9.17) is 5.73 Å².